The Bertz CT molecular complexity index is 2080. The lowest BCUT2D eigenvalue weighted by Gasteiger charge is -2.37. The van der Waals surface area contributed by atoms with Crippen molar-refractivity contribution in [1.82, 2.24) is 23.9 Å². The van der Waals surface area contributed by atoms with E-state index in [1.807, 2.05) is 59.1 Å². The zero-order chi connectivity index (χ0) is 32.7. The summed E-state index contributed by atoms with van der Waals surface area (Å²) in [7, 11) is 2.01. The van der Waals surface area contributed by atoms with Crippen LogP contribution in [0.1, 0.15) is 36.4 Å². The number of benzene rings is 2. The first-order valence-corrected chi connectivity index (χ1v) is 17.2. The first kappa shape index (κ1) is 30.9. The summed E-state index contributed by atoms with van der Waals surface area (Å²) in [6, 6.07) is 26.8. The molecule has 47 heavy (non-hydrogen) atoms. The number of fused-ring (bicyclic) bond motifs is 2. The van der Waals surface area contributed by atoms with Gasteiger partial charge in [0.2, 0.25) is 5.91 Å². The Morgan fingerprint density at radius 2 is 1.70 bits per heavy atom. The van der Waals surface area contributed by atoms with E-state index in [0.717, 1.165) is 93.9 Å². The number of likely N-dealkylation sites (tertiary alicyclic amines) is 1. The van der Waals surface area contributed by atoms with Crippen molar-refractivity contribution in [3.8, 4) is 33.8 Å². The summed E-state index contributed by atoms with van der Waals surface area (Å²) in [5.41, 5.74) is 7.40. The molecule has 0 spiro atoms. The van der Waals surface area contributed by atoms with Gasteiger partial charge in [-0.05, 0) is 73.5 Å². The maximum atomic E-state index is 14.1. The maximum Gasteiger partial charge on any atom is 0.345 e. The Morgan fingerprint density at radius 3 is 2.38 bits per heavy atom. The van der Waals surface area contributed by atoms with Crippen LogP contribution in [0.2, 0.25) is 0 Å². The van der Waals surface area contributed by atoms with Gasteiger partial charge in [-0.15, -0.1) is 11.3 Å². The van der Waals surface area contributed by atoms with Gasteiger partial charge >= 0.3 is 5.97 Å². The topological polar surface area (TPSA) is 83.6 Å². The second-order valence-electron chi connectivity index (χ2n) is 12.2. The molecule has 240 valence electrons. The Morgan fingerprint density at radius 1 is 0.936 bits per heavy atom. The minimum absolute atomic E-state index is 0.0542. The summed E-state index contributed by atoms with van der Waals surface area (Å²) in [4.78, 5) is 35.9. The van der Waals surface area contributed by atoms with E-state index in [4.69, 9.17) is 4.98 Å². The van der Waals surface area contributed by atoms with Gasteiger partial charge in [-0.25, -0.2) is 9.78 Å². The molecule has 0 atom stereocenters. The van der Waals surface area contributed by atoms with Crippen LogP contribution in [0.4, 0.5) is 0 Å². The highest BCUT2D eigenvalue weighted by molar-refractivity contribution is 7.21. The summed E-state index contributed by atoms with van der Waals surface area (Å²) < 4.78 is 4.98. The fourth-order valence-corrected chi connectivity index (χ4v) is 8.23. The van der Waals surface area contributed by atoms with Crippen LogP contribution < -0.4 is 0 Å². The van der Waals surface area contributed by atoms with E-state index in [-0.39, 0.29) is 17.3 Å². The van der Waals surface area contributed by atoms with E-state index in [9.17, 15) is 14.7 Å². The van der Waals surface area contributed by atoms with E-state index in [1.54, 1.807) is 6.07 Å². The number of carbonyl (C=O) groups is 2. The molecule has 1 amide bonds. The number of carboxylic acids is 1. The van der Waals surface area contributed by atoms with E-state index in [0.29, 0.717) is 6.04 Å². The van der Waals surface area contributed by atoms with Crippen LogP contribution >= 0.6 is 11.3 Å². The summed E-state index contributed by atoms with van der Waals surface area (Å²) >= 11 is 1.27. The maximum absolute atomic E-state index is 14.1. The van der Waals surface area contributed by atoms with Crippen LogP contribution in [0, 0.1) is 0 Å². The van der Waals surface area contributed by atoms with Crippen LogP contribution in [0.3, 0.4) is 0 Å². The van der Waals surface area contributed by atoms with Crippen LogP contribution in [-0.2, 0) is 18.4 Å². The number of piperidine rings is 1. The van der Waals surface area contributed by atoms with Gasteiger partial charge in [-0.2, -0.15) is 0 Å². The van der Waals surface area contributed by atoms with Crippen molar-refractivity contribution in [3.63, 3.8) is 0 Å². The van der Waals surface area contributed by atoms with Crippen LogP contribution in [0.5, 0.6) is 0 Å². The van der Waals surface area contributed by atoms with E-state index < -0.39 is 5.97 Å². The smallest absolute Gasteiger partial charge is 0.345 e. The van der Waals surface area contributed by atoms with Crippen molar-refractivity contribution in [2.75, 3.05) is 26.2 Å². The average molecular weight is 646 g/mol. The van der Waals surface area contributed by atoms with Crippen molar-refractivity contribution >= 4 is 44.3 Å². The second kappa shape index (κ2) is 12.8. The molecule has 1 N–H and O–H groups in total. The molecule has 0 aliphatic carbocycles. The molecular weight excluding hydrogens is 607 g/mol. The minimum atomic E-state index is -0.964. The summed E-state index contributed by atoms with van der Waals surface area (Å²) in [6.07, 6.45) is 3.93. The zero-order valence-corrected chi connectivity index (χ0v) is 27.8. The van der Waals surface area contributed by atoms with Gasteiger partial charge < -0.3 is 24.0 Å². The molecule has 9 heteroatoms. The van der Waals surface area contributed by atoms with E-state index >= 15 is 0 Å². The molecule has 1 aliphatic heterocycles. The Balaban J connectivity index is 1.34. The number of amides is 1. The van der Waals surface area contributed by atoms with Gasteiger partial charge in [0.15, 0.2) is 0 Å². The highest BCUT2D eigenvalue weighted by Gasteiger charge is 2.29. The quantitative estimate of drug-likeness (QED) is 0.175. The predicted octanol–water partition coefficient (Wildman–Crippen LogP) is 7.62. The Labute approximate surface area is 278 Å². The number of thiophene rings is 1. The summed E-state index contributed by atoms with van der Waals surface area (Å²) in [5, 5.41) is 11.0. The third-order valence-corrected chi connectivity index (χ3v) is 10.7. The number of hydrogen-bond acceptors (Lipinski definition) is 5. The van der Waals surface area contributed by atoms with Crippen LogP contribution in [0.15, 0.2) is 85.1 Å². The van der Waals surface area contributed by atoms with Gasteiger partial charge in [0.25, 0.3) is 0 Å². The third-order valence-electron chi connectivity index (χ3n) is 9.62. The van der Waals surface area contributed by atoms with Crippen LogP contribution in [0.25, 0.3) is 54.9 Å². The fraction of sp³-hybridized carbons (Fsp3) is 0.289. The largest absolute Gasteiger partial charge is 0.477 e. The van der Waals surface area contributed by atoms with E-state index in [1.165, 1.54) is 11.3 Å². The van der Waals surface area contributed by atoms with Gasteiger partial charge in [0.1, 0.15) is 11.4 Å². The van der Waals surface area contributed by atoms with Gasteiger partial charge in [0.05, 0.1) is 32.8 Å². The molecular formula is C38H39N5O3S. The molecule has 2 aromatic carbocycles. The highest BCUT2D eigenvalue weighted by Crippen LogP contribution is 2.45. The average Bonchev–Trinajstić information content (AvgIpc) is 3.80. The first-order valence-electron chi connectivity index (χ1n) is 16.4. The number of carbonyl (C=O) groups excluding carboxylic acids is 1. The molecule has 7 rings (SSSR count). The molecule has 0 unspecified atom stereocenters. The summed E-state index contributed by atoms with van der Waals surface area (Å²) in [5.74, 6) is -0.910. The normalized spacial score (nSPS) is 14.1. The number of nitrogens with zero attached hydrogens (tertiary/aromatic N) is 5. The number of rotatable bonds is 9. The van der Waals surface area contributed by atoms with E-state index in [2.05, 4.69) is 59.7 Å². The molecule has 0 saturated carbocycles. The first-order chi connectivity index (χ1) is 22.9. The van der Waals surface area contributed by atoms with Crippen molar-refractivity contribution in [3.05, 3.63) is 89.9 Å². The number of aromatic carboxylic acids is 1. The molecule has 8 nitrogen and oxygen atoms in total. The molecule has 1 saturated heterocycles. The molecule has 0 radical (unpaired) electrons. The number of hydrogen-bond donors (Lipinski definition) is 1. The lowest BCUT2D eigenvalue weighted by Crippen LogP contribution is -2.47. The lowest BCUT2D eigenvalue weighted by molar-refractivity contribution is -0.133. The number of carboxylic acid groups (broad SMARTS) is 1. The summed E-state index contributed by atoms with van der Waals surface area (Å²) in [6.45, 7) is 8.00. The van der Waals surface area contributed by atoms with Gasteiger partial charge in [-0.1, -0.05) is 56.3 Å². The van der Waals surface area contributed by atoms with Gasteiger partial charge in [0, 0.05) is 43.3 Å². The zero-order valence-electron chi connectivity index (χ0n) is 27.0. The molecule has 0 bridgehead atoms. The molecule has 1 aliphatic rings. The van der Waals surface area contributed by atoms with Crippen molar-refractivity contribution in [1.29, 1.82) is 0 Å². The van der Waals surface area contributed by atoms with Gasteiger partial charge in [-0.3, -0.25) is 4.79 Å². The van der Waals surface area contributed by atoms with Crippen molar-refractivity contribution in [2.24, 2.45) is 7.05 Å². The fourth-order valence-electron chi connectivity index (χ4n) is 7.16. The Hall–Kier alpha value is -4.73. The minimum Gasteiger partial charge on any atom is -0.477 e. The molecule has 6 aromatic rings. The molecule has 4 aromatic heterocycles. The molecule has 1 fully saturated rings. The lowest BCUT2D eigenvalue weighted by atomic mass is 9.99. The SMILES string of the molecule is CCN(CC)C1CCN(C(=O)Cn2c(-c3ccc4nc(-c5cccn5C)ccc4c3)c(-c3ccccc3)c3sc(C(=O)O)cc32)CC1. The van der Waals surface area contributed by atoms with Crippen molar-refractivity contribution in [2.45, 2.75) is 39.3 Å². The standard InChI is InChI=1S/C38H39N5O3S/c1-4-41(5-2)28-17-20-42(21-18-28)34(44)24-43-32-23-33(38(45)46)47-37(32)35(25-10-7-6-8-11-25)36(43)27-14-15-29-26(22-27)13-16-30(39-29)31-12-9-19-40(31)3/h6-16,19,22-23,28H,4-5,17-18,20-21,24H2,1-3H3,(H,45,46). The number of aryl methyl sites for hydroxylation is 1. The molecule has 5 heterocycles. The van der Waals surface area contributed by atoms with Crippen molar-refractivity contribution < 1.29 is 14.7 Å². The third kappa shape index (κ3) is 5.74. The second-order valence-corrected chi connectivity index (χ2v) is 13.3. The highest BCUT2D eigenvalue weighted by atomic mass is 32.1. The Kier molecular flexibility index (Phi) is 8.42. The van der Waals surface area contributed by atoms with Crippen LogP contribution in [-0.4, -0.2) is 73.1 Å². The number of aromatic nitrogens is 3. The predicted molar refractivity (Wildman–Crippen MR) is 190 cm³/mol. The monoisotopic (exact) mass is 645 g/mol. The number of pyridine rings is 1.